The molecule has 0 aliphatic rings. The number of aryl methyl sites for hydroxylation is 2. The molecule has 0 spiro atoms. The largest absolute Gasteiger partial charge is 0.299 e. The number of aromatic nitrogens is 2. The number of para-hydroxylation sites is 1. The van der Waals surface area contributed by atoms with E-state index < -0.39 is 0 Å². The Kier molecular flexibility index (Phi) is 3.89. The second-order valence-electron chi connectivity index (χ2n) is 5.81. The monoisotopic (exact) mass is 269 g/mol. The van der Waals surface area contributed by atoms with E-state index in [1.807, 2.05) is 39.0 Å². The van der Waals surface area contributed by atoms with Crippen molar-refractivity contribution in [2.24, 2.45) is 5.41 Å². The fourth-order valence-electron chi connectivity index (χ4n) is 2.24. The van der Waals surface area contributed by atoms with Gasteiger partial charge in [-0.05, 0) is 45.2 Å². The van der Waals surface area contributed by atoms with Gasteiger partial charge in [-0.1, -0.05) is 12.1 Å². The van der Waals surface area contributed by atoms with Crippen LogP contribution in [0.15, 0.2) is 29.3 Å². The highest BCUT2D eigenvalue weighted by molar-refractivity contribution is 5.80. The number of rotatable bonds is 4. The number of nitriles is 1. The zero-order chi connectivity index (χ0) is 14.8. The van der Waals surface area contributed by atoms with Crippen LogP contribution in [0.5, 0.6) is 0 Å². The average molecular weight is 269 g/mol. The first-order valence-corrected chi connectivity index (χ1v) is 6.81. The Morgan fingerprint density at radius 1 is 1.40 bits per heavy atom. The molecule has 0 unspecified atom stereocenters. The molecule has 4 nitrogen and oxygen atoms in total. The van der Waals surface area contributed by atoms with Gasteiger partial charge in [0.05, 0.1) is 28.7 Å². The summed E-state index contributed by atoms with van der Waals surface area (Å²) < 4.78 is 1.63. The van der Waals surface area contributed by atoms with Crippen LogP contribution in [0.25, 0.3) is 10.9 Å². The fraction of sp³-hybridized carbons (Fsp3) is 0.438. The molecule has 104 valence electrons. The number of hydrogen-bond acceptors (Lipinski definition) is 3. The first-order valence-electron chi connectivity index (χ1n) is 6.81. The third-order valence-electron chi connectivity index (χ3n) is 3.56. The Hall–Kier alpha value is -2.15. The van der Waals surface area contributed by atoms with E-state index >= 15 is 0 Å². The van der Waals surface area contributed by atoms with Gasteiger partial charge >= 0.3 is 0 Å². The lowest BCUT2D eigenvalue weighted by Crippen LogP contribution is -2.21. The SMILES string of the molecule is Cc1cccc2c(=O)n(CCCC(C)(C)C#N)cnc12. The Labute approximate surface area is 118 Å². The molecular weight excluding hydrogens is 250 g/mol. The van der Waals surface area contributed by atoms with Crippen molar-refractivity contribution >= 4 is 10.9 Å². The summed E-state index contributed by atoms with van der Waals surface area (Å²) >= 11 is 0. The zero-order valence-electron chi connectivity index (χ0n) is 12.2. The maximum Gasteiger partial charge on any atom is 0.261 e. The normalized spacial score (nSPS) is 11.5. The lowest BCUT2D eigenvalue weighted by molar-refractivity contribution is 0.413. The summed E-state index contributed by atoms with van der Waals surface area (Å²) in [6, 6.07) is 7.92. The Balaban J connectivity index is 2.23. The van der Waals surface area contributed by atoms with E-state index in [-0.39, 0.29) is 11.0 Å². The predicted molar refractivity (Wildman–Crippen MR) is 79.4 cm³/mol. The lowest BCUT2D eigenvalue weighted by Gasteiger charge is -2.15. The molecule has 0 atom stereocenters. The third kappa shape index (κ3) is 2.88. The second-order valence-corrected chi connectivity index (χ2v) is 5.81. The molecule has 20 heavy (non-hydrogen) atoms. The molecule has 0 N–H and O–H groups in total. The van der Waals surface area contributed by atoms with Gasteiger partial charge in [-0.2, -0.15) is 5.26 Å². The maximum atomic E-state index is 12.4. The van der Waals surface area contributed by atoms with Gasteiger partial charge in [0.15, 0.2) is 0 Å². The number of nitrogens with zero attached hydrogens (tertiary/aromatic N) is 3. The van der Waals surface area contributed by atoms with Gasteiger partial charge in [0.2, 0.25) is 0 Å². The van der Waals surface area contributed by atoms with Gasteiger partial charge in [-0.15, -0.1) is 0 Å². The minimum absolute atomic E-state index is 0.00605. The quantitative estimate of drug-likeness (QED) is 0.857. The smallest absolute Gasteiger partial charge is 0.261 e. The predicted octanol–water partition coefficient (Wildman–Crippen LogP) is 3.03. The number of fused-ring (bicyclic) bond motifs is 1. The van der Waals surface area contributed by atoms with E-state index in [0.29, 0.717) is 11.9 Å². The standard InChI is InChI=1S/C16H19N3O/c1-12-6-4-7-13-14(12)18-11-19(15(13)20)9-5-8-16(2,3)10-17/h4,6-7,11H,5,8-9H2,1-3H3. The van der Waals surface area contributed by atoms with Crippen molar-refractivity contribution in [2.45, 2.75) is 40.2 Å². The first kappa shape index (κ1) is 14.3. The van der Waals surface area contributed by atoms with Crippen LogP contribution in [-0.4, -0.2) is 9.55 Å². The van der Waals surface area contributed by atoms with Crippen LogP contribution >= 0.6 is 0 Å². The molecule has 0 bridgehead atoms. The van der Waals surface area contributed by atoms with Crippen molar-refractivity contribution in [2.75, 3.05) is 0 Å². The molecule has 0 saturated heterocycles. The lowest BCUT2D eigenvalue weighted by atomic mass is 9.90. The molecule has 2 aromatic rings. The van der Waals surface area contributed by atoms with Crippen LogP contribution in [0.2, 0.25) is 0 Å². The van der Waals surface area contributed by atoms with Crippen LogP contribution in [0.1, 0.15) is 32.3 Å². The van der Waals surface area contributed by atoms with Gasteiger partial charge in [0, 0.05) is 6.54 Å². The van der Waals surface area contributed by atoms with Gasteiger partial charge in [0.25, 0.3) is 5.56 Å². The van der Waals surface area contributed by atoms with Crippen molar-refractivity contribution < 1.29 is 0 Å². The van der Waals surface area contributed by atoms with Gasteiger partial charge in [-0.3, -0.25) is 9.36 Å². The summed E-state index contributed by atoms with van der Waals surface area (Å²) in [5, 5.41) is 9.65. The molecule has 1 heterocycles. The van der Waals surface area contributed by atoms with Crippen LogP contribution in [-0.2, 0) is 6.54 Å². The Bertz CT molecular complexity index is 723. The van der Waals surface area contributed by atoms with E-state index in [4.69, 9.17) is 5.26 Å². The summed E-state index contributed by atoms with van der Waals surface area (Å²) in [5.74, 6) is 0. The van der Waals surface area contributed by atoms with Crippen molar-refractivity contribution in [3.63, 3.8) is 0 Å². The van der Waals surface area contributed by atoms with Crippen LogP contribution in [0, 0.1) is 23.7 Å². The summed E-state index contributed by atoms with van der Waals surface area (Å²) in [5.41, 5.74) is 1.43. The number of benzene rings is 1. The molecule has 0 fully saturated rings. The van der Waals surface area contributed by atoms with E-state index in [1.165, 1.54) is 0 Å². The highest BCUT2D eigenvalue weighted by atomic mass is 16.1. The molecular formula is C16H19N3O. The molecule has 0 radical (unpaired) electrons. The molecule has 1 aromatic heterocycles. The highest BCUT2D eigenvalue weighted by Crippen LogP contribution is 2.20. The van der Waals surface area contributed by atoms with Crippen molar-refractivity contribution in [1.82, 2.24) is 9.55 Å². The highest BCUT2D eigenvalue weighted by Gasteiger charge is 2.16. The Morgan fingerprint density at radius 3 is 2.85 bits per heavy atom. The van der Waals surface area contributed by atoms with Crippen molar-refractivity contribution in [1.29, 1.82) is 5.26 Å². The fourth-order valence-corrected chi connectivity index (χ4v) is 2.24. The molecule has 1 aromatic carbocycles. The van der Waals surface area contributed by atoms with E-state index in [1.54, 1.807) is 10.9 Å². The molecule has 0 saturated carbocycles. The van der Waals surface area contributed by atoms with Crippen molar-refractivity contribution in [3.05, 3.63) is 40.4 Å². The maximum absolute atomic E-state index is 12.4. The molecule has 4 heteroatoms. The van der Waals surface area contributed by atoms with Crippen LogP contribution in [0.4, 0.5) is 0 Å². The molecule has 2 rings (SSSR count). The molecule has 0 amide bonds. The second kappa shape index (κ2) is 5.46. The average Bonchev–Trinajstić information content (AvgIpc) is 2.42. The minimum Gasteiger partial charge on any atom is -0.299 e. The number of hydrogen-bond donors (Lipinski definition) is 0. The van der Waals surface area contributed by atoms with E-state index in [9.17, 15) is 4.79 Å². The molecule has 0 aliphatic heterocycles. The Morgan fingerprint density at radius 2 is 2.15 bits per heavy atom. The summed E-state index contributed by atoms with van der Waals surface area (Å²) in [6.07, 6.45) is 3.16. The first-order chi connectivity index (χ1) is 9.44. The zero-order valence-corrected chi connectivity index (χ0v) is 12.2. The third-order valence-corrected chi connectivity index (χ3v) is 3.56. The van der Waals surface area contributed by atoms with Crippen LogP contribution < -0.4 is 5.56 Å². The molecule has 0 aliphatic carbocycles. The minimum atomic E-state index is -0.343. The van der Waals surface area contributed by atoms with Gasteiger partial charge in [-0.25, -0.2) is 4.98 Å². The summed E-state index contributed by atoms with van der Waals surface area (Å²) in [7, 11) is 0. The summed E-state index contributed by atoms with van der Waals surface area (Å²) in [6.45, 7) is 6.38. The van der Waals surface area contributed by atoms with Crippen molar-refractivity contribution in [3.8, 4) is 6.07 Å². The van der Waals surface area contributed by atoms with E-state index in [2.05, 4.69) is 11.1 Å². The van der Waals surface area contributed by atoms with Gasteiger partial charge < -0.3 is 0 Å². The topological polar surface area (TPSA) is 58.7 Å². The van der Waals surface area contributed by atoms with Crippen LogP contribution in [0.3, 0.4) is 0 Å². The van der Waals surface area contributed by atoms with Gasteiger partial charge in [0.1, 0.15) is 0 Å². The summed E-state index contributed by atoms with van der Waals surface area (Å²) in [4.78, 5) is 16.7. The van der Waals surface area contributed by atoms with E-state index in [0.717, 1.165) is 23.9 Å².